The molecule has 20 heavy (non-hydrogen) atoms. The Hall–Kier alpha value is -1.86. The fourth-order valence-electron chi connectivity index (χ4n) is 1.53. The van der Waals surface area contributed by atoms with E-state index >= 15 is 0 Å². The number of halogens is 3. The highest BCUT2D eigenvalue weighted by molar-refractivity contribution is 7.92. The predicted molar refractivity (Wildman–Crippen MR) is 73.0 cm³/mol. The molecule has 0 aromatic heterocycles. The number of anilines is 2. The van der Waals surface area contributed by atoms with Crippen LogP contribution in [0.2, 0.25) is 5.02 Å². The second-order valence-corrected chi connectivity index (χ2v) is 5.97. The quantitative estimate of drug-likeness (QED) is 0.854. The maximum atomic E-state index is 13.5. The molecule has 0 aliphatic rings. The molecule has 0 amide bonds. The standard InChI is InChI=1S/C12H9ClF2N2O2S/c13-7-4-5-10(16)11(6-7)20(18,19)17-12-8(14)2-1-3-9(12)15/h1-6,17H,16H2. The summed E-state index contributed by atoms with van der Waals surface area (Å²) in [5.41, 5.74) is 4.68. The van der Waals surface area contributed by atoms with Crippen molar-refractivity contribution < 1.29 is 17.2 Å². The van der Waals surface area contributed by atoms with Crippen molar-refractivity contribution in [1.82, 2.24) is 0 Å². The Labute approximate surface area is 119 Å². The van der Waals surface area contributed by atoms with Gasteiger partial charge in [-0.25, -0.2) is 17.2 Å². The number of benzene rings is 2. The Morgan fingerprint density at radius 1 is 1.10 bits per heavy atom. The van der Waals surface area contributed by atoms with Crippen LogP contribution in [0.25, 0.3) is 0 Å². The molecule has 4 nitrogen and oxygen atoms in total. The summed E-state index contributed by atoms with van der Waals surface area (Å²) in [6.45, 7) is 0. The van der Waals surface area contributed by atoms with Gasteiger partial charge in [-0.05, 0) is 30.3 Å². The highest BCUT2D eigenvalue weighted by atomic mass is 35.5. The summed E-state index contributed by atoms with van der Waals surface area (Å²) in [5, 5.41) is 0.133. The lowest BCUT2D eigenvalue weighted by molar-refractivity contribution is 0.583. The molecule has 0 unspecified atom stereocenters. The minimum absolute atomic E-state index is 0.0846. The van der Waals surface area contributed by atoms with Gasteiger partial charge in [0, 0.05) is 5.02 Å². The average Bonchev–Trinajstić information content (AvgIpc) is 2.37. The van der Waals surface area contributed by atoms with E-state index in [-0.39, 0.29) is 15.6 Å². The lowest BCUT2D eigenvalue weighted by Crippen LogP contribution is -2.16. The Kier molecular flexibility index (Phi) is 3.82. The van der Waals surface area contributed by atoms with Crippen LogP contribution in [0.15, 0.2) is 41.3 Å². The van der Waals surface area contributed by atoms with Crippen LogP contribution < -0.4 is 10.5 Å². The summed E-state index contributed by atoms with van der Waals surface area (Å²) in [4.78, 5) is -0.354. The zero-order valence-corrected chi connectivity index (χ0v) is 11.5. The maximum absolute atomic E-state index is 13.5. The summed E-state index contributed by atoms with van der Waals surface area (Å²) < 4.78 is 52.9. The maximum Gasteiger partial charge on any atom is 0.264 e. The normalized spacial score (nSPS) is 11.3. The van der Waals surface area contributed by atoms with Crippen molar-refractivity contribution in [3.05, 3.63) is 53.1 Å². The van der Waals surface area contributed by atoms with E-state index in [0.29, 0.717) is 0 Å². The molecule has 0 fully saturated rings. The minimum atomic E-state index is -4.25. The number of sulfonamides is 1. The van der Waals surface area contributed by atoms with Gasteiger partial charge in [0.05, 0.1) is 5.69 Å². The summed E-state index contributed by atoms with van der Waals surface area (Å²) in [6, 6.07) is 6.77. The van der Waals surface area contributed by atoms with Crippen molar-refractivity contribution in [2.75, 3.05) is 10.5 Å². The summed E-state index contributed by atoms with van der Waals surface area (Å²) in [7, 11) is -4.25. The van der Waals surface area contributed by atoms with Crippen LogP contribution in [0.1, 0.15) is 0 Å². The molecule has 0 radical (unpaired) electrons. The molecule has 0 saturated carbocycles. The van der Waals surface area contributed by atoms with Gasteiger partial charge in [0.1, 0.15) is 22.2 Å². The van der Waals surface area contributed by atoms with E-state index in [0.717, 1.165) is 24.3 Å². The first kappa shape index (κ1) is 14.5. The molecule has 0 aliphatic carbocycles. The van der Waals surface area contributed by atoms with Gasteiger partial charge in [0.25, 0.3) is 10.0 Å². The Morgan fingerprint density at radius 3 is 2.30 bits per heavy atom. The largest absolute Gasteiger partial charge is 0.398 e. The zero-order valence-electron chi connectivity index (χ0n) is 9.90. The molecule has 106 valence electrons. The van der Waals surface area contributed by atoms with Crippen molar-refractivity contribution in [3.8, 4) is 0 Å². The monoisotopic (exact) mass is 318 g/mol. The number of hydrogen-bond acceptors (Lipinski definition) is 3. The molecule has 0 aliphatic heterocycles. The van der Waals surface area contributed by atoms with E-state index in [1.54, 1.807) is 0 Å². The van der Waals surface area contributed by atoms with Gasteiger partial charge in [-0.3, -0.25) is 4.72 Å². The fraction of sp³-hybridized carbons (Fsp3) is 0. The molecule has 0 bridgehead atoms. The van der Waals surface area contributed by atoms with E-state index in [1.165, 1.54) is 12.1 Å². The molecule has 0 saturated heterocycles. The number of para-hydroxylation sites is 1. The molecular formula is C12H9ClF2N2O2S. The number of nitrogen functional groups attached to an aromatic ring is 1. The number of nitrogens with two attached hydrogens (primary N) is 1. The molecule has 2 rings (SSSR count). The second kappa shape index (κ2) is 5.26. The summed E-state index contributed by atoms with van der Waals surface area (Å²) >= 11 is 5.69. The SMILES string of the molecule is Nc1ccc(Cl)cc1S(=O)(=O)Nc1c(F)cccc1F. The molecular weight excluding hydrogens is 310 g/mol. The third-order valence-electron chi connectivity index (χ3n) is 2.46. The molecule has 2 aromatic carbocycles. The van der Waals surface area contributed by atoms with E-state index in [2.05, 4.69) is 0 Å². The van der Waals surface area contributed by atoms with Crippen LogP contribution >= 0.6 is 11.6 Å². The highest BCUT2D eigenvalue weighted by Gasteiger charge is 2.21. The van der Waals surface area contributed by atoms with Gasteiger partial charge in [0.2, 0.25) is 0 Å². The van der Waals surface area contributed by atoms with Crippen LogP contribution in [0.5, 0.6) is 0 Å². The van der Waals surface area contributed by atoms with Crippen molar-refractivity contribution in [1.29, 1.82) is 0 Å². The van der Waals surface area contributed by atoms with E-state index in [9.17, 15) is 17.2 Å². The molecule has 0 atom stereocenters. The van der Waals surface area contributed by atoms with Crippen molar-refractivity contribution >= 4 is 33.0 Å². The Bertz CT molecular complexity index is 746. The first-order chi connectivity index (χ1) is 9.31. The minimum Gasteiger partial charge on any atom is -0.398 e. The van der Waals surface area contributed by atoms with Gasteiger partial charge in [0.15, 0.2) is 0 Å². The molecule has 0 heterocycles. The topological polar surface area (TPSA) is 72.2 Å². The van der Waals surface area contributed by atoms with Crippen molar-refractivity contribution in [2.24, 2.45) is 0 Å². The Balaban J connectivity index is 2.49. The first-order valence-electron chi connectivity index (χ1n) is 5.33. The lowest BCUT2D eigenvalue weighted by atomic mass is 10.3. The van der Waals surface area contributed by atoms with Gasteiger partial charge in [-0.2, -0.15) is 0 Å². The smallest absolute Gasteiger partial charge is 0.264 e. The lowest BCUT2D eigenvalue weighted by Gasteiger charge is -2.11. The highest BCUT2D eigenvalue weighted by Crippen LogP contribution is 2.27. The van der Waals surface area contributed by atoms with E-state index in [1.807, 2.05) is 4.72 Å². The third-order valence-corrected chi connectivity index (χ3v) is 4.10. The number of rotatable bonds is 3. The number of hydrogen-bond donors (Lipinski definition) is 2. The van der Waals surface area contributed by atoms with Gasteiger partial charge in [-0.1, -0.05) is 17.7 Å². The molecule has 2 aromatic rings. The van der Waals surface area contributed by atoms with Gasteiger partial charge >= 0.3 is 0 Å². The van der Waals surface area contributed by atoms with Crippen LogP contribution in [0.3, 0.4) is 0 Å². The van der Waals surface area contributed by atoms with Crippen LogP contribution in [0, 0.1) is 11.6 Å². The van der Waals surface area contributed by atoms with Gasteiger partial charge < -0.3 is 5.73 Å². The molecule has 3 N–H and O–H groups in total. The third kappa shape index (κ3) is 2.83. The average molecular weight is 319 g/mol. The Morgan fingerprint density at radius 2 is 1.70 bits per heavy atom. The fourth-order valence-corrected chi connectivity index (χ4v) is 3.00. The van der Waals surface area contributed by atoms with Crippen molar-refractivity contribution in [2.45, 2.75) is 4.90 Å². The second-order valence-electron chi connectivity index (χ2n) is 3.88. The molecule has 0 spiro atoms. The van der Waals surface area contributed by atoms with Crippen LogP contribution in [-0.2, 0) is 10.0 Å². The van der Waals surface area contributed by atoms with Crippen molar-refractivity contribution in [3.63, 3.8) is 0 Å². The predicted octanol–water partition coefficient (Wildman–Crippen LogP) is 3.00. The van der Waals surface area contributed by atoms with E-state index in [4.69, 9.17) is 17.3 Å². The summed E-state index contributed by atoms with van der Waals surface area (Å²) in [6.07, 6.45) is 0. The summed E-state index contributed by atoms with van der Waals surface area (Å²) in [5.74, 6) is -2.07. The van der Waals surface area contributed by atoms with E-state index < -0.39 is 27.3 Å². The van der Waals surface area contributed by atoms with Crippen LogP contribution in [0.4, 0.5) is 20.2 Å². The van der Waals surface area contributed by atoms with Crippen LogP contribution in [-0.4, -0.2) is 8.42 Å². The molecule has 8 heteroatoms. The van der Waals surface area contributed by atoms with Gasteiger partial charge in [-0.15, -0.1) is 0 Å². The zero-order chi connectivity index (χ0) is 14.9. The number of nitrogens with one attached hydrogen (secondary N) is 1. The first-order valence-corrected chi connectivity index (χ1v) is 7.19.